The van der Waals surface area contributed by atoms with Gasteiger partial charge in [-0.2, -0.15) is 0 Å². The van der Waals surface area contributed by atoms with Crippen molar-refractivity contribution in [2.75, 3.05) is 31.7 Å². The lowest BCUT2D eigenvalue weighted by atomic mass is 9.90. The number of hydrogen-bond acceptors (Lipinski definition) is 5. The first-order chi connectivity index (χ1) is 10.3. The number of ether oxygens (including phenoxy) is 1. The van der Waals surface area contributed by atoms with E-state index in [4.69, 9.17) is 9.84 Å². The molecule has 2 heterocycles. The molecule has 0 radical (unpaired) electrons. The summed E-state index contributed by atoms with van der Waals surface area (Å²) < 4.78 is 5.08. The van der Waals surface area contributed by atoms with Crippen molar-refractivity contribution in [1.29, 1.82) is 0 Å². The second-order valence-corrected chi connectivity index (χ2v) is 6.32. The highest BCUT2D eigenvalue weighted by atomic mass is 16.5. The number of aliphatic hydroxyl groups is 1. The maximum atomic E-state index is 9.01. The number of anilines is 1. The molecule has 1 saturated carbocycles. The summed E-state index contributed by atoms with van der Waals surface area (Å²) in [6.07, 6.45) is 8.50. The Labute approximate surface area is 126 Å². The number of hydrogen-bond donors (Lipinski definition) is 1. The van der Waals surface area contributed by atoms with E-state index in [0.29, 0.717) is 13.2 Å². The number of rotatable bonds is 6. The molecule has 0 spiro atoms. The lowest BCUT2D eigenvalue weighted by Gasteiger charge is -2.32. The number of aromatic nitrogens is 2. The van der Waals surface area contributed by atoms with Crippen LogP contribution in [-0.2, 0) is 11.3 Å². The largest absolute Gasteiger partial charge is 0.396 e. The fourth-order valence-electron chi connectivity index (χ4n) is 3.63. The van der Waals surface area contributed by atoms with Crippen LogP contribution in [0.3, 0.4) is 0 Å². The molecule has 1 saturated heterocycles. The van der Waals surface area contributed by atoms with E-state index in [9.17, 15) is 0 Å². The smallest absolute Gasteiger partial charge is 0.225 e. The van der Waals surface area contributed by atoms with Gasteiger partial charge in [-0.1, -0.05) is 0 Å². The van der Waals surface area contributed by atoms with Crippen LogP contribution in [0, 0.1) is 17.8 Å². The van der Waals surface area contributed by atoms with E-state index >= 15 is 0 Å². The second kappa shape index (κ2) is 6.71. The standard InChI is InChI=1S/C16H25N3O2/c1-21-11-12-9-17-16(18-10-12)19-5-2-13(3-6-19)15-8-14(15)4-7-20/h9-10,13-15,20H,2-8,11H2,1H3. The van der Waals surface area contributed by atoms with Gasteiger partial charge < -0.3 is 14.7 Å². The van der Waals surface area contributed by atoms with Crippen LogP contribution in [0.2, 0.25) is 0 Å². The summed E-state index contributed by atoms with van der Waals surface area (Å²) in [5.74, 6) is 3.34. The van der Waals surface area contributed by atoms with Gasteiger partial charge in [-0.25, -0.2) is 9.97 Å². The molecule has 0 bridgehead atoms. The number of nitrogens with zero attached hydrogens (tertiary/aromatic N) is 3. The SMILES string of the molecule is COCc1cnc(N2CCC(C3CC3CCO)CC2)nc1. The van der Waals surface area contributed by atoms with Gasteiger partial charge in [-0.3, -0.25) is 0 Å². The van der Waals surface area contributed by atoms with Gasteiger partial charge in [-0.05, 0) is 43.4 Å². The molecule has 2 aliphatic rings. The zero-order valence-electron chi connectivity index (χ0n) is 12.7. The van der Waals surface area contributed by atoms with Crippen molar-refractivity contribution in [3.63, 3.8) is 0 Å². The van der Waals surface area contributed by atoms with Crippen molar-refractivity contribution in [2.24, 2.45) is 17.8 Å². The molecular formula is C16H25N3O2. The van der Waals surface area contributed by atoms with Gasteiger partial charge in [0.05, 0.1) is 6.61 Å². The predicted octanol–water partition coefficient (Wildman–Crippen LogP) is 1.86. The minimum Gasteiger partial charge on any atom is -0.396 e. The third-order valence-corrected chi connectivity index (χ3v) is 4.91. The van der Waals surface area contributed by atoms with Crippen LogP contribution in [0.5, 0.6) is 0 Å². The third-order valence-electron chi connectivity index (χ3n) is 4.91. The maximum absolute atomic E-state index is 9.01. The Morgan fingerprint density at radius 1 is 1.29 bits per heavy atom. The molecule has 116 valence electrons. The Morgan fingerprint density at radius 2 is 2.00 bits per heavy atom. The highest BCUT2D eigenvalue weighted by Crippen LogP contribution is 2.49. The van der Waals surface area contributed by atoms with Crippen molar-refractivity contribution < 1.29 is 9.84 Å². The molecule has 2 atom stereocenters. The van der Waals surface area contributed by atoms with Crippen molar-refractivity contribution >= 4 is 5.95 Å². The van der Waals surface area contributed by atoms with Gasteiger partial charge in [0.25, 0.3) is 0 Å². The van der Waals surface area contributed by atoms with Gasteiger partial charge in [0.15, 0.2) is 0 Å². The summed E-state index contributed by atoms with van der Waals surface area (Å²) in [7, 11) is 1.68. The number of methoxy groups -OCH3 is 1. The monoisotopic (exact) mass is 291 g/mol. The van der Waals surface area contributed by atoms with Crippen molar-refractivity contribution in [3.8, 4) is 0 Å². The third kappa shape index (κ3) is 3.52. The van der Waals surface area contributed by atoms with E-state index in [1.807, 2.05) is 12.4 Å². The van der Waals surface area contributed by atoms with Gasteiger partial charge in [-0.15, -0.1) is 0 Å². The van der Waals surface area contributed by atoms with E-state index in [1.54, 1.807) is 7.11 Å². The lowest BCUT2D eigenvalue weighted by Crippen LogP contribution is -2.35. The number of piperidine rings is 1. The molecule has 1 N–H and O–H groups in total. The van der Waals surface area contributed by atoms with E-state index in [1.165, 1.54) is 19.3 Å². The zero-order chi connectivity index (χ0) is 14.7. The Hall–Kier alpha value is -1.20. The first-order valence-electron chi connectivity index (χ1n) is 7.97. The molecule has 1 aliphatic heterocycles. The zero-order valence-corrected chi connectivity index (χ0v) is 12.7. The van der Waals surface area contributed by atoms with Crippen molar-refractivity contribution in [3.05, 3.63) is 18.0 Å². The molecule has 1 aliphatic carbocycles. The van der Waals surface area contributed by atoms with Crippen LogP contribution in [0.25, 0.3) is 0 Å². The molecule has 21 heavy (non-hydrogen) atoms. The molecule has 5 nitrogen and oxygen atoms in total. The first kappa shape index (κ1) is 14.7. The van der Waals surface area contributed by atoms with Crippen molar-refractivity contribution in [2.45, 2.75) is 32.3 Å². The van der Waals surface area contributed by atoms with Gasteiger partial charge in [0.1, 0.15) is 0 Å². The van der Waals surface area contributed by atoms with Gasteiger partial charge >= 0.3 is 0 Å². The number of aliphatic hydroxyl groups excluding tert-OH is 1. The summed E-state index contributed by atoms with van der Waals surface area (Å²) in [6, 6.07) is 0. The molecule has 0 amide bonds. The van der Waals surface area contributed by atoms with Crippen molar-refractivity contribution in [1.82, 2.24) is 9.97 Å². The Balaban J connectivity index is 1.49. The Morgan fingerprint density at radius 3 is 2.62 bits per heavy atom. The molecule has 2 fully saturated rings. The molecule has 1 aromatic heterocycles. The lowest BCUT2D eigenvalue weighted by molar-refractivity contribution is 0.184. The molecule has 0 aromatic carbocycles. The summed E-state index contributed by atoms with van der Waals surface area (Å²) in [5, 5.41) is 9.01. The van der Waals surface area contributed by atoms with Gasteiger partial charge in [0, 0.05) is 44.8 Å². The average Bonchev–Trinajstić information content (AvgIpc) is 3.28. The fraction of sp³-hybridized carbons (Fsp3) is 0.750. The van der Waals surface area contributed by atoms with Crippen LogP contribution >= 0.6 is 0 Å². The predicted molar refractivity (Wildman–Crippen MR) is 81.0 cm³/mol. The molecular weight excluding hydrogens is 266 g/mol. The highest BCUT2D eigenvalue weighted by molar-refractivity contribution is 5.30. The summed E-state index contributed by atoms with van der Waals surface area (Å²) in [4.78, 5) is 11.2. The molecule has 2 unspecified atom stereocenters. The fourth-order valence-corrected chi connectivity index (χ4v) is 3.63. The van der Waals surface area contributed by atoms with E-state index < -0.39 is 0 Å². The van der Waals surface area contributed by atoms with Crippen LogP contribution in [0.1, 0.15) is 31.2 Å². The Bertz CT molecular complexity index is 443. The second-order valence-electron chi connectivity index (χ2n) is 6.32. The minimum absolute atomic E-state index is 0.349. The van der Waals surface area contributed by atoms with Crippen LogP contribution in [0.15, 0.2) is 12.4 Å². The normalized spacial score (nSPS) is 26.1. The van der Waals surface area contributed by atoms with Crippen LogP contribution in [0.4, 0.5) is 5.95 Å². The molecule has 5 heteroatoms. The van der Waals surface area contributed by atoms with E-state index in [-0.39, 0.29) is 0 Å². The van der Waals surface area contributed by atoms with Crippen LogP contribution < -0.4 is 4.90 Å². The minimum atomic E-state index is 0.349. The average molecular weight is 291 g/mol. The molecule has 1 aromatic rings. The quantitative estimate of drug-likeness (QED) is 0.867. The Kier molecular flexibility index (Phi) is 4.70. The van der Waals surface area contributed by atoms with Gasteiger partial charge in [0.2, 0.25) is 5.95 Å². The van der Waals surface area contributed by atoms with E-state index in [2.05, 4.69) is 14.9 Å². The highest BCUT2D eigenvalue weighted by Gasteiger charge is 2.42. The maximum Gasteiger partial charge on any atom is 0.225 e. The summed E-state index contributed by atoms with van der Waals surface area (Å²) in [5.41, 5.74) is 1.01. The first-order valence-corrected chi connectivity index (χ1v) is 7.97. The molecule has 3 rings (SSSR count). The summed E-state index contributed by atoms with van der Waals surface area (Å²) >= 11 is 0. The van der Waals surface area contributed by atoms with Crippen LogP contribution in [-0.4, -0.2) is 41.9 Å². The summed E-state index contributed by atoms with van der Waals surface area (Å²) in [6.45, 7) is 3.02. The topological polar surface area (TPSA) is 58.5 Å². The van der Waals surface area contributed by atoms with E-state index in [0.717, 1.165) is 48.8 Å².